The highest BCUT2D eigenvalue weighted by atomic mass is 16.3. The summed E-state index contributed by atoms with van der Waals surface area (Å²) in [7, 11) is 0. The molecule has 3 aliphatic rings. The Hall–Kier alpha value is -0.0800. The Bertz CT molecular complexity index is 295. The summed E-state index contributed by atoms with van der Waals surface area (Å²) in [6, 6.07) is 0. The van der Waals surface area contributed by atoms with Crippen LogP contribution < -0.4 is 0 Å². The van der Waals surface area contributed by atoms with Crippen LogP contribution in [0.5, 0.6) is 0 Å². The van der Waals surface area contributed by atoms with E-state index < -0.39 is 0 Å². The topological polar surface area (TPSA) is 23.5 Å². The van der Waals surface area contributed by atoms with E-state index in [-0.39, 0.29) is 11.5 Å². The number of fused-ring (bicyclic) bond motifs is 2. The van der Waals surface area contributed by atoms with Crippen molar-refractivity contribution < 1.29 is 5.11 Å². The number of nitrogens with zero attached hydrogens (tertiary/aromatic N) is 1. The van der Waals surface area contributed by atoms with Gasteiger partial charge in [0.1, 0.15) is 0 Å². The second-order valence-corrected chi connectivity index (χ2v) is 7.20. The van der Waals surface area contributed by atoms with Crippen LogP contribution >= 0.6 is 0 Å². The molecule has 1 heterocycles. The van der Waals surface area contributed by atoms with Gasteiger partial charge in [0.25, 0.3) is 0 Å². The fraction of sp³-hybridized carbons (Fsp3) is 1.00. The molecule has 0 aromatic heterocycles. The van der Waals surface area contributed by atoms with Crippen LogP contribution in [0, 0.1) is 16.7 Å². The molecule has 1 saturated heterocycles. The second-order valence-electron chi connectivity index (χ2n) is 7.20. The highest BCUT2D eigenvalue weighted by Gasteiger charge is 2.63. The van der Waals surface area contributed by atoms with Crippen molar-refractivity contribution in [3.63, 3.8) is 0 Å². The lowest BCUT2D eigenvalue weighted by Crippen LogP contribution is -2.49. The molecular weight excluding hydrogens is 210 g/mol. The maximum atomic E-state index is 10.5. The minimum atomic E-state index is -0.0434. The van der Waals surface area contributed by atoms with Gasteiger partial charge in [-0.05, 0) is 56.5 Å². The predicted molar refractivity (Wildman–Crippen MR) is 69.9 cm³/mol. The summed E-state index contributed by atoms with van der Waals surface area (Å²) in [5.74, 6) is 0.766. The summed E-state index contributed by atoms with van der Waals surface area (Å²) in [4.78, 5) is 2.63. The van der Waals surface area contributed by atoms with Gasteiger partial charge in [0, 0.05) is 12.0 Å². The van der Waals surface area contributed by atoms with Crippen LogP contribution in [0.1, 0.15) is 52.4 Å². The van der Waals surface area contributed by atoms with Crippen LogP contribution in [-0.4, -0.2) is 35.7 Å². The first kappa shape index (κ1) is 12.0. The summed E-state index contributed by atoms with van der Waals surface area (Å²) in [5, 5.41) is 10.5. The van der Waals surface area contributed by atoms with Gasteiger partial charge < -0.3 is 10.0 Å². The lowest BCUT2D eigenvalue weighted by atomic mass is 9.68. The third-order valence-corrected chi connectivity index (χ3v) is 6.34. The Morgan fingerprint density at radius 1 is 1.18 bits per heavy atom. The van der Waals surface area contributed by atoms with Gasteiger partial charge in [0.2, 0.25) is 0 Å². The lowest BCUT2D eigenvalue weighted by Gasteiger charge is -2.45. The second kappa shape index (κ2) is 3.96. The van der Waals surface area contributed by atoms with Crippen molar-refractivity contribution in [1.29, 1.82) is 0 Å². The largest absolute Gasteiger partial charge is 0.392 e. The smallest absolute Gasteiger partial charge is 0.0616 e. The highest BCUT2D eigenvalue weighted by molar-refractivity contribution is 5.13. The van der Waals surface area contributed by atoms with Gasteiger partial charge in [-0.1, -0.05) is 20.3 Å². The quantitative estimate of drug-likeness (QED) is 0.798. The summed E-state index contributed by atoms with van der Waals surface area (Å²) in [6.07, 6.45) is 7.73. The molecule has 0 aromatic rings. The van der Waals surface area contributed by atoms with Crippen molar-refractivity contribution in [3.8, 4) is 0 Å². The first-order chi connectivity index (χ1) is 8.06. The van der Waals surface area contributed by atoms with Crippen LogP contribution in [-0.2, 0) is 0 Å². The average molecular weight is 237 g/mol. The van der Waals surface area contributed by atoms with E-state index in [0.717, 1.165) is 18.9 Å². The Morgan fingerprint density at radius 2 is 1.88 bits per heavy atom. The molecule has 0 aromatic carbocycles. The Morgan fingerprint density at radius 3 is 2.41 bits per heavy atom. The molecule has 3 atom stereocenters. The SMILES string of the molecule is CC1(C)[C@@H]2CC[C@@]1(CN1CCCCC1)[C@H](O)C2. The third-order valence-electron chi connectivity index (χ3n) is 6.34. The fourth-order valence-corrected chi connectivity index (χ4v) is 4.93. The molecule has 2 bridgehead atoms. The number of aliphatic hydroxyl groups excluding tert-OH is 1. The molecule has 3 rings (SSSR count). The molecule has 1 N–H and O–H groups in total. The van der Waals surface area contributed by atoms with Crippen molar-refractivity contribution in [3.05, 3.63) is 0 Å². The summed E-state index contributed by atoms with van der Waals surface area (Å²) >= 11 is 0. The van der Waals surface area contributed by atoms with Gasteiger partial charge >= 0.3 is 0 Å². The van der Waals surface area contributed by atoms with E-state index in [1.165, 1.54) is 45.2 Å². The van der Waals surface area contributed by atoms with Gasteiger partial charge in [-0.25, -0.2) is 0 Å². The van der Waals surface area contributed by atoms with Crippen LogP contribution in [0.25, 0.3) is 0 Å². The molecule has 0 unspecified atom stereocenters. The van der Waals surface area contributed by atoms with Crippen LogP contribution in [0.15, 0.2) is 0 Å². The molecule has 17 heavy (non-hydrogen) atoms. The number of piperidine rings is 1. The first-order valence-corrected chi connectivity index (χ1v) is 7.47. The zero-order valence-corrected chi connectivity index (χ0v) is 11.4. The van der Waals surface area contributed by atoms with Gasteiger partial charge in [0.15, 0.2) is 0 Å². The van der Waals surface area contributed by atoms with Gasteiger partial charge in [-0.2, -0.15) is 0 Å². The summed E-state index contributed by atoms with van der Waals surface area (Å²) in [5.41, 5.74) is 0.554. The molecule has 1 aliphatic heterocycles. The molecule has 0 spiro atoms. The number of hydrogen-bond acceptors (Lipinski definition) is 2. The van der Waals surface area contributed by atoms with Crippen LogP contribution in [0.3, 0.4) is 0 Å². The minimum absolute atomic E-state index is 0.0434. The molecule has 3 fully saturated rings. The molecule has 2 aliphatic carbocycles. The Balaban J connectivity index is 1.79. The van der Waals surface area contributed by atoms with Crippen molar-refractivity contribution in [1.82, 2.24) is 4.90 Å². The van der Waals surface area contributed by atoms with Crippen LogP contribution in [0.4, 0.5) is 0 Å². The van der Waals surface area contributed by atoms with Gasteiger partial charge in [0.05, 0.1) is 6.10 Å². The van der Waals surface area contributed by atoms with E-state index in [0.29, 0.717) is 5.41 Å². The highest BCUT2D eigenvalue weighted by Crippen LogP contribution is 2.65. The molecule has 98 valence electrons. The van der Waals surface area contributed by atoms with E-state index >= 15 is 0 Å². The standard InChI is InChI=1S/C15H27NO/c1-14(2)12-6-7-15(14,13(17)10-12)11-16-8-4-3-5-9-16/h12-13,17H,3-11H2,1-2H3/t12-,13-,15-/m1/s1. The lowest BCUT2D eigenvalue weighted by molar-refractivity contribution is -0.0333. The van der Waals surface area contributed by atoms with Crippen molar-refractivity contribution >= 4 is 0 Å². The maximum Gasteiger partial charge on any atom is 0.0616 e. The Kier molecular flexibility index (Phi) is 2.79. The van der Waals surface area contributed by atoms with E-state index in [1.807, 2.05) is 0 Å². The monoisotopic (exact) mass is 237 g/mol. The summed E-state index contributed by atoms with van der Waals surface area (Å²) in [6.45, 7) is 8.48. The molecular formula is C15H27NO. The number of hydrogen-bond donors (Lipinski definition) is 1. The zero-order valence-electron chi connectivity index (χ0n) is 11.4. The predicted octanol–water partition coefficient (Wildman–Crippen LogP) is 2.66. The van der Waals surface area contributed by atoms with Gasteiger partial charge in [-0.3, -0.25) is 0 Å². The fourth-order valence-electron chi connectivity index (χ4n) is 4.93. The molecule has 2 saturated carbocycles. The molecule has 2 nitrogen and oxygen atoms in total. The third kappa shape index (κ3) is 1.60. The van der Waals surface area contributed by atoms with E-state index in [1.54, 1.807) is 0 Å². The van der Waals surface area contributed by atoms with Crippen LogP contribution in [0.2, 0.25) is 0 Å². The first-order valence-electron chi connectivity index (χ1n) is 7.47. The van der Waals surface area contributed by atoms with Crippen molar-refractivity contribution in [2.45, 2.75) is 58.5 Å². The molecule has 0 amide bonds. The number of aliphatic hydroxyl groups is 1. The normalized spacial score (nSPS) is 45.4. The van der Waals surface area contributed by atoms with E-state index in [9.17, 15) is 5.11 Å². The van der Waals surface area contributed by atoms with Gasteiger partial charge in [-0.15, -0.1) is 0 Å². The maximum absolute atomic E-state index is 10.5. The molecule has 0 radical (unpaired) electrons. The van der Waals surface area contributed by atoms with Crippen molar-refractivity contribution in [2.24, 2.45) is 16.7 Å². The van der Waals surface area contributed by atoms with E-state index in [4.69, 9.17) is 0 Å². The Labute approximate surface area is 105 Å². The average Bonchev–Trinajstić information content (AvgIpc) is 2.64. The number of likely N-dealkylation sites (tertiary alicyclic amines) is 1. The minimum Gasteiger partial charge on any atom is -0.392 e. The van der Waals surface area contributed by atoms with Crippen molar-refractivity contribution in [2.75, 3.05) is 19.6 Å². The zero-order chi connectivity index (χ0) is 12.1. The molecule has 2 heteroatoms. The summed E-state index contributed by atoms with van der Waals surface area (Å²) < 4.78 is 0. The van der Waals surface area contributed by atoms with E-state index in [2.05, 4.69) is 18.7 Å². The number of rotatable bonds is 2.